The number of hydrogen-bond donors (Lipinski definition) is 1. The van der Waals surface area contributed by atoms with E-state index in [9.17, 15) is 23.5 Å². The van der Waals surface area contributed by atoms with Crippen molar-refractivity contribution >= 4 is 11.9 Å². The SMILES string of the molecule is CC(=O)N(Cc1cc(F)cc(F)c1)CC1C[C@@H](C)[C@H]2C(O1)[C@H](O)[C@@]1(C)C3CC[C@H]4C(C)(C)[C@@H](OC(=O)c5ccccn5)CC[C@@]45CC35CCC21C. The first kappa shape index (κ1) is 35.1. The fourth-order valence-electron chi connectivity index (χ4n) is 13.9. The molecule has 9 heteroatoms. The Morgan fingerprint density at radius 2 is 1.71 bits per heavy atom. The predicted molar refractivity (Wildman–Crippen MR) is 187 cm³/mol. The largest absolute Gasteiger partial charge is 0.457 e. The fraction of sp³-hybridized carbons (Fsp3) is 0.690. The molecule has 5 unspecified atom stereocenters. The summed E-state index contributed by atoms with van der Waals surface area (Å²) in [5, 5.41) is 12.6. The van der Waals surface area contributed by atoms with Gasteiger partial charge in [-0.2, -0.15) is 0 Å². The molecule has 1 aliphatic heterocycles. The molecule has 12 atom stereocenters. The molecule has 8 rings (SSSR count). The average molecular weight is 705 g/mol. The van der Waals surface area contributed by atoms with Gasteiger partial charge in [-0.1, -0.05) is 40.7 Å². The van der Waals surface area contributed by atoms with Crippen LogP contribution in [0.4, 0.5) is 8.78 Å². The highest BCUT2D eigenvalue weighted by molar-refractivity contribution is 5.87. The Balaban J connectivity index is 1.02. The second-order valence-corrected chi connectivity index (χ2v) is 18.4. The number of pyridine rings is 1. The quantitative estimate of drug-likeness (QED) is 0.310. The number of rotatable bonds is 6. The van der Waals surface area contributed by atoms with E-state index in [0.717, 1.165) is 51.0 Å². The molecule has 1 amide bonds. The number of amides is 1. The zero-order chi connectivity index (χ0) is 36.3. The minimum absolute atomic E-state index is 0.0950. The Bertz CT molecular complexity index is 1700. The van der Waals surface area contributed by atoms with Crippen LogP contribution in [-0.4, -0.2) is 57.8 Å². The molecule has 276 valence electrons. The lowest BCUT2D eigenvalue weighted by Crippen LogP contribution is -2.60. The second-order valence-electron chi connectivity index (χ2n) is 18.4. The first-order chi connectivity index (χ1) is 24.1. The number of hydrogen-bond acceptors (Lipinski definition) is 6. The minimum atomic E-state index is -0.665. The number of fused-ring (bicyclic) bond motifs is 4. The first-order valence-corrected chi connectivity index (χ1v) is 19.2. The maximum absolute atomic E-state index is 14.0. The monoisotopic (exact) mass is 704 g/mol. The molecule has 7 nitrogen and oxygen atoms in total. The molecule has 2 spiro atoms. The van der Waals surface area contributed by atoms with Crippen molar-refractivity contribution in [1.82, 2.24) is 9.88 Å². The lowest BCUT2D eigenvalue weighted by atomic mass is 9.41. The van der Waals surface area contributed by atoms with Crippen LogP contribution in [0.3, 0.4) is 0 Å². The molecule has 6 aliphatic rings. The summed E-state index contributed by atoms with van der Waals surface area (Å²) in [4.78, 5) is 31.7. The normalized spacial score (nSPS) is 43.1. The number of esters is 1. The van der Waals surface area contributed by atoms with E-state index in [2.05, 4.69) is 39.6 Å². The van der Waals surface area contributed by atoms with Crippen molar-refractivity contribution in [1.29, 1.82) is 0 Å². The van der Waals surface area contributed by atoms with E-state index >= 15 is 0 Å². The molecule has 1 aromatic heterocycles. The van der Waals surface area contributed by atoms with Crippen LogP contribution in [0, 0.1) is 62.4 Å². The molecule has 6 fully saturated rings. The molecule has 1 saturated heterocycles. The summed E-state index contributed by atoms with van der Waals surface area (Å²) in [5.74, 6) is -0.576. The van der Waals surface area contributed by atoms with Crippen molar-refractivity contribution in [3.63, 3.8) is 0 Å². The number of ether oxygens (including phenoxy) is 2. The molecule has 2 heterocycles. The third-order valence-electron chi connectivity index (χ3n) is 16.1. The maximum Gasteiger partial charge on any atom is 0.357 e. The van der Waals surface area contributed by atoms with Crippen LogP contribution in [-0.2, 0) is 20.8 Å². The Kier molecular flexibility index (Phi) is 8.13. The fourth-order valence-corrected chi connectivity index (χ4v) is 13.9. The topological polar surface area (TPSA) is 89.0 Å². The van der Waals surface area contributed by atoms with Gasteiger partial charge in [0.25, 0.3) is 0 Å². The highest BCUT2D eigenvalue weighted by Crippen LogP contribution is 2.89. The van der Waals surface area contributed by atoms with Crippen LogP contribution in [0.2, 0.25) is 0 Å². The smallest absolute Gasteiger partial charge is 0.357 e. The van der Waals surface area contributed by atoms with Crippen LogP contribution in [0.1, 0.15) is 109 Å². The standard InChI is InChI=1S/C42H54F2N2O5/c1-24-17-29(22-46(25(2)47)21-26-18-27(43)20-28(44)19-26)50-35-34(24)39(5)14-15-42-23-41(42)13-12-33(51-37(49)30-9-7-8-16-45-30)38(3,4)31(41)10-11-32(42)40(39,6)36(35)48/h7-9,16,18-20,24,29,31-36,48H,10-15,17,21-23H2,1-6H3/t24-,29?,31+,32?,33+,34+,35?,36+,39?,40-,41-,42?/m1/s1. The van der Waals surface area contributed by atoms with Gasteiger partial charge in [-0.3, -0.25) is 4.79 Å². The Morgan fingerprint density at radius 1 is 1.00 bits per heavy atom. The number of aliphatic hydroxyl groups excluding tert-OH is 1. The number of nitrogens with zero attached hydrogens (tertiary/aromatic N) is 2. The molecule has 1 N–H and O–H groups in total. The highest BCUT2D eigenvalue weighted by Gasteiger charge is 2.84. The molecular weight excluding hydrogens is 650 g/mol. The van der Waals surface area contributed by atoms with E-state index in [1.54, 1.807) is 23.2 Å². The number of carbonyl (C=O) groups excluding carboxylic acids is 2. The van der Waals surface area contributed by atoms with Crippen molar-refractivity contribution in [2.45, 2.75) is 124 Å². The van der Waals surface area contributed by atoms with Gasteiger partial charge in [-0.05, 0) is 121 Å². The van der Waals surface area contributed by atoms with Crippen LogP contribution in [0.25, 0.3) is 0 Å². The summed E-state index contributed by atoms with van der Waals surface area (Å²) in [6, 6.07) is 8.70. The Labute approximate surface area is 300 Å². The number of benzene rings is 1. The summed E-state index contributed by atoms with van der Waals surface area (Å²) in [7, 11) is 0. The van der Waals surface area contributed by atoms with Crippen LogP contribution in [0.15, 0.2) is 42.6 Å². The lowest BCUT2D eigenvalue weighted by Gasteiger charge is -2.63. The molecule has 0 radical (unpaired) electrons. The summed E-state index contributed by atoms with van der Waals surface area (Å²) >= 11 is 0. The molecular formula is C42H54F2N2O5. The zero-order valence-corrected chi connectivity index (χ0v) is 31.0. The van der Waals surface area contributed by atoms with E-state index in [-0.39, 0.29) is 75.6 Å². The van der Waals surface area contributed by atoms with Crippen LogP contribution < -0.4 is 0 Å². The Morgan fingerprint density at radius 3 is 2.39 bits per heavy atom. The van der Waals surface area contributed by atoms with E-state index in [0.29, 0.717) is 29.6 Å². The van der Waals surface area contributed by atoms with Gasteiger partial charge in [0.1, 0.15) is 23.4 Å². The molecule has 5 aliphatic carbocycles. The summed E-state index contributed by atoms with van der Waals surface area (Å²) < 4.78 is 41.1. The van der Waals surface area contributed by atoms with Gasteiger partial charge in [-0.25, -0.2) is 18.6 Å². The molecule has 0 bridgehead atoms. The third kappa shape index (κ3) is 4.95. The van der Waals surface area contributed by atoms with Gasteiger partial charge in [0, 0.05) is 43.1 Å². The van der Waals surface area contributed by atoms with Gasteiger partial charge in [0.05, 0.1) is 18.3 Å². The minimum Gasteiger partial charge on any atom is -0.457 e. The second kappa shape index (κ2) is 11.8. The van der Waals surface area contributed by atoms with Crippen molar-refractivity contribution in [3.05, 3.63) is 65.5 Å². The molecule has 1 aromatic carbocycles. The van der Waals surface area contributed by atoms with Crippen LogP contribution in [0.5, 0.6) is 0 Å². The van der Waals surface area contributed by atoms with E-state index in [4.69, 9.17) is 9.47 Å². The van der Waals surface area contributed by atoms with Gasteiger partial charge in [0.15, 0.2) is 0 Å². The van der Waals surface area contributed by atoms with Crippen molar-refractivity contribution in [2.24, 2.45) is 50.7 Å². The van der Waals surface area contributed by atoms with Gasteiger partial charge in [-0.15, -0.1) is 0 Å². The van der Waals surface area contributed by atoms with E-state index in [1.165, 1.54) is 25.5 Å². The van der Waals surface area contributed by atoms with Crippen LogP contribution >= 0.6 is 0 Å². The van der Waals surface area contributed by atoms with Gasteiger partial charge >= 0.3 is 5.97 Å². The molecule has 5 saturated carbocycles. The van der Waals surface area contributed by atoms with E-state index < -0.39 is 17.7 Å². The van der Waals surface area contributed by atoms with Crippen molar-refractivity contribution < 1.29 is 33.0 Å². The molecule has 2 aromatic rings. The van der Waals surface area contributed by atoms with E-state index in [1.807, 2.05) is 6.07 Å². The van der Waals surface area contributed by atoms with Gasteiger partial charge < -0.3 is 19.5 Å². The highest BCUT2D eigenvalue weighted by atomic mass is 19.1. The Hall–Kier alpha value is -2.91. The summed E-state index contributed by atoms with van der Waals surface area (Å²) in [5.41, 5.74) is 0.512. The predicted octanol–water partition coefficient (Wildman–Crippen LogP) is 7.75. The zero-order valence-electron chi connectivity index (χ0n) is 31.0. The molecule has 51 heavy (non-hydrogen) atoms. The third-order valence-corrected chi connectivity index (χ3v) is 16.1. The van der Waals surface area contributed by atoms with Crippen molar-refractivity contribution in [3.8, 4) is 0 Å². The summed E-state index contributed by atoms with van der Waals surface area (Å²) in [6.45, 7) is 13.6. The summed E-state index contributed by atoms with van der Waals surface area (Å²) in [6.07, 6.45) is 8.33. The van der Waals surface area contributed by atoms with Gasteiger partial charge in [0.2, 0.25) is 5.91 Å². The number of aromatic nitrogens is 1. The number of carbonyl (C=O) groups is 2. The first-order valence-electron chi connectivity index (χ1n) is 19.2. The van der Waals surface area contributed by atoms with Crippen molar-refractivity contribution in [2.75, 3.05) is 6.54 Å². The number of halogens is 2. The maximum atomic E-state index is 14.0. The number of aliphatic hydroxyl groups is 1. The lowest BCUT2D eigenvalue weighted by molar-refractivity contribution is -0.183. The average Bonchev–Trinajstić information content (AvgIpc) is 3.70.